The van der Waals surface area contributed by atoms with Gasteiger partial charge in [0.2, 0.25) is 0 Å². The molecule has 0 saturated heterocycles. The van der Waals surface area contributed by atoms with Crippen LogP contribution in [0, 0.1) is 12.3 Å². The molecule has 48 valence electrons. The summed E-state index contributed by atoms with van der Waals surface area (Å²) < 4.78 is 0. The third kappa shape index (κ3) is 2.41. The Morgan fingerprint density at radius 3 is 2.44 bits per heavy atom. The highest BCUT2D eigenvalue weighted by molar-refractivity contribution is 7.78. The third-order valence-electron chi connectivity index (χ3n) is 1.29. The molecule has 9 heavy (non-hydrogen) atoms. The number of isothiocyanates is 1. The van der Waals surface area contributed by atoms with Crippen molar-refractivity contribution >= 4 is 17.4 Å². The number of nitrogens with zero attached hydrogens (tertiary/aromatic N) is 1. The minimum Gasteiger partial charge on any atom is -0.213 e. The Labute approximate surface area is 61.2 Å². The zero-order chi connectivity index (χ0) is 7.33. The molecule has 0 spiro atoms. The van der Waals surface area contributed by atoms with Gasteiger partial charge in [-0.15, -0.1) is 6.42 Å². The monoisotopic (exact) mass is 139 g/mol. The molecule has 0 rings (SSSR count). The van der Waals surface area contributed by atoms with Gasteiger partial charge in [-0.2, -0.15) is 0 Å². The van der Waals surface area contributed by atoms with E-state index in [1.807, 2.05) is 13.8 Å². The van der Waals surface area contributed by atoms with Crippen LogP contribution in [0.25, 0.3) is 0 Å². The lowest BCUT2D eigenvalue weighted by Crippen LogP contribution is -2.16. The van der Waals surface area contributed by atoms with Gasteiger partial charge in [-0.25, -0.2) is 4.99 Å². The molecule has 0 amide bonds. The van der Waals surface area contributed by atoms with E-state index in [1.165, 1.54) is 0 Å². The first-order chi connectivity index (χ1) is 4.18. The standard InChI is InChI=1S/C7H9NS/c1-4-7(3,5-2)8-6-9/h1H,5H2,2-3H3. The number of thiocarbonyl (C=S) groups is 1. The molecule has 1 unspecified atom stereocenters. The minimum atomic E-state index is -0.429. The summed E-state index contributed by atoms with van der Waals surface area (Å²) in [6, 6.07) is 0. The quantitative estimate of drug-likeness (QED) is 0.323. The predicted octanol–water partition coefficient (Wildman–Crippen LogP) is 1.89. The summed E-state index contributed by atoms with van der Waals surface area (Å²) in [6.07, 6.45) is 5.97. The molecule has 0 radical (unpaired) electrons. The van der Waals surface area contributed by atoms with Crippen LogP contribution in [0.3, 0.4) is 0 Å². The Morgan fingerprint density at radius 2 is 2.33 bits per heavy atom. The second kappa shape index (κ2) is 3.40. The molecule has 2 heteroatoms. The van der Waals surface area contributed by atoms with Crippen molar-refractivity contribution in [3.05, 3.63) is 0 Å². The van der Waals surface area contributed by atoms with Gasteiger partial charge in [0.25, 0.3) is 0 Å². The van der Waals surface area contributed by atoms with Crippen LogP contribution in [0.1, 0.15) is 20.3 Å². The van der Waals surface area contributed by atoms with Crippen LogP contribution < -0.4 is 0 Å². The minimum absolute atomic E-state index is 0.429. The van der Waals surface area contributed by atoms with Gasteiger partial charge in [0.05, 0.1) is 5.16 Å². The zero-order valence-corrected chi connectivity index (χ0v) is 6.46. The van der Waals surface area contributed by atoms with Crippen molar-refractivity contribution in [3.63, 3.8) is 0 Å². The Balaban J connectivity index is 4.32. The summed E-state index contributed by atoms with van der Waals surface area (Å²) in [7, 11) is 0. The first kappa shape index (κ1) is 8.36. The van der Waals surface area contributed by atoms with Gasteiger partial charge in [-0.1, -0.05) is 12.8 Å². The van der Waals surface area contributed by atoms with Crippen LogP contribution in [-0.4, -0.2) is 10.7 Å². The fraction of sp³-hybridized carbons (Fsp3) is 0.571. The van der Waals surface area contributed by atoms with Crippen molar-refractivity contribution in [2.75, 3.05) is 0 Å². The summed E-state index contributed by atoms with van der Waals surface area (Å²) in [4.78, 5) is 3.82. The molecule has 0 aliphatic rings. The molecule has 0 aromatic carbocycles. The number of hydrogen-bond donors (Lipinski definition) is 0. The lowest BCUT2D eigenvalue weighted by atomic mass is 10.0. The molecule has 1 nitrogen and oxygen atoms in total. The molecule has 1 atom stereocenters. The fourth-order valence-electron chi connectivity index (χ4n) is 0.314. The van der Waals surface area contributed by atoms with Crippen molar-refractivity contribution in [2.24, 2.45) is 4.99 Å². The largest absolute Gasteiger partial charge is 0.213 e. The smallest absolute Gasteiger partial charge is 0.128 e. The molecular weight excluding hydrogens is 130 g/mol. The highest BCUT2D eigenvalue weighted by Crippen LogP contribution is 2.11. The van der Waals surface area contributed by atoms with E-state index < -0.39 is 5.54 Å². The summed E-state index contributed by atoms with van der Waals surface area (Å²) in [5.41, 5.74) is -0.429. The summed E-state index contributed by atoms with van der Waals surface area (Å²) in [5.74, 6) is 2.53. The average Bonchev–Trinajstić information content (AvgIpc) is 1.89. The van der Waals surface area contributed by atoms with E-state index in [0.717, 1.165) is 6.42 Å². The Morgan fingerprint density at radius 1 is 1.78 bits per heavy atom. The van der Waals surface area contributed by atoms with E-state index in [2.05, 4.69) is 28.3 Å². The van der Waals surface area contributed by atoms with Gasteiger partial charge in [0, 0.05) is 0 Å². The maximum Gasteiger partial charge on any atom is 0.128 e. The van der Waals surface area contributed by atoms with Crippen molar-refractivity contribution in [2.45, 2.75) is 25.8 Å². The van der Waals surface area contributed by atoms with Gasteiger partial charge < -0.3 is 0 Å². The summed E-state index contributed by atoms with van der Waals surface area (Å²) >= 11 is 4.42. The molecule has 0 aromatic heterocycles. The molecule has 0 N–H and O–H groups in total. The first-order valence-corrected chi connectivity index (χ1v) is 3.16. The average molecular weight is 139 g/mol. The van der Waals surface area contributed by atoms with Crippen molar-refractivity contribution in [1.82, 2.24) is 0 Å². The molecular formula is C7H9NS. The zero-order valence-electron chi connectivity index (χ0n) is 5.64. The topological polar surface area (TPSA) is 12.4 Å². The Kier molecular flexibility index (Phi) is 3.16. The van der Waals surface area contributed by atoms with Crippen LogP contribution in [0.15, 0.2) is 4.99 Å². The number of hydrogen-bond acceptors (Lipinski definition) is 2. The lowest BCUT2D eigenvalue weighted by Gasteiger charge is -2.11. The van der Waals surface area contributed by atoms with E-state index in [9.17, 15) is 0 Å². The second-order valence-electron chi connectivity index (χ2n) is 1.97. The molecule has 0 aliphatic heterocycles. The maximum absolute atomic E-state index is 5.17. The molecule has 0 aromatic rings. The fourth-order valence-corrected chi connectivity index (χ4v) is 0.516. The second-order valence-corrected chi connectivity index (χ2v) is 2.16. The SMILES string of the molecule is C#CC(C)(CC)N=C=S. The summed E-state index contributed by atoms with van der Waals surface area (Å²) in [6.45, 7) is 3.82. The first-order valence-electron chi connectivity index (χ1n) is 2.75. The van der Waals surface area contributed by atoms with Gasteiger partial charge in [0.15, 0.2) is 0 Å². The molecule has 0 bridgehead atoms. The van der Waals surface area contributed by atoms with Gasteiger partial charge in [0.1, 0.15) is 5.54 Å². The van der Waals surface area contributed by atoms with Crippen molar-refractivity contribution < 1.29 is 0 Å². The van der Waals surface area contributed by atoms with Gasteiger partial charge in [-0.05, 0) is 25.6 Å². The maximum atomic E-state index is 5.17. The van der Waals surface area contributed by atoms with Gasteiger partial charge >= 0.3 is 0 Å². The van der Waals surface area contributed by atoms with Crippen LogP contribution >= 0.6 is 12.2 Å². The van der Waals surface area contributed by atoms with E-state index in [0.29, 0.717) is 0 Å². The van der Waals surface area contributed by atoms with Crippen molar-refractivity contribution in [1.29, 1.82) is 0 Å². The number of terminal acetylenes is 1. The summed E-state index contributed by atoms with van der Waals surface area (Å²) in [5, 5.41) is 2.28. The normalized spacial score (nSPS) is 14.8. The van der Waals surface area contributed by atoms with Crippen LogP contribution in [-0.2, 0) is 0 Å². The third-order valence-corrected chi connectivity index (χ3v) is 1.38. The van der Waals surface area contributed by atoms with Gasteiger partial charge in [-0.3, -0.25) is 0 Å². The molecule has 0 heterocycles. The van der Waals surface area contributed by atoms with E-state index in [4.69, 9.17) is 6.42 Å². The van der Waals surface area contributed by atoms with Crippen LogP contribution in [0.4, 0.5) is 0 Å². The van der Waals surface area contributed by atoms with Crippen LogP contribution in [0.2, 0.25) is 0 Å². The molecule has 0 fully saturated rings. The van der Waals surface area contributed by atoms with E-state index in [-0.39, 0.29) is 0 Å². The Hall–Kier alpha value is -0.640. The van der Waals surface area contributed by atoms with Crippen molar-refractivity contribution in [3.8, 4) is 12.3 Å². The Bertz CT molecular complexity index is 174. The van der Waals surface area contributed by atoms with E-state index >= 15 is 0 Å². The van der Waals surface area contributed by atoms with E-state index in [1.54, 1.807) is 0 Å². The molecule has 0 aliphatic carbocycles. The highest BCUT2D eigenvalue weighted by atomic mass is 32.1. The highest BCUT2D eigenvalue weighted by Gasteiger charge is 2.14. The van der Waals surface area contributed by atoms with Crippen LogP contribution in [0.5, 0.6) is 0 Å². The number of rotatable bonds is 2. The lowest BCUT2D eigenvalue weighted by molar-refractivity contribution is 0.594. The molecule has 0 saturated carbocycles. The predicted molar refractivity (Wildman–Crippen MR) is 42.6 cm³/mol. The number of aliphatic imine (C=N–C) groups is 1.